The lowest BCUT2D eigenvalue weighted by molar-refractivity contribution is 0.306. The van der Waals surface area contributed by atoms with Crippen LogP contribution in [0.25, 0.3) is 22.4 Å². The highest BCUT2D eigenvalue weighted by Gasteiger charge is 2.17. The highest BCUT2D eigenvalue weighted by molar-refractivity contribution is 5.88. The zero-order valence-corrected chi connectivity index (χ0v) is 16.8. The van der Waals surface area contributed by atoms with Gasteiger partial charge in [0.15, 0.2) is 5.82 Å². The van der Waals surface area contributed by atoms with Crippen LogP contribution >= 0.6 is 0 Å². The third kappa shape index (κ3) is 4.14. The molecule has 3 heterocycles. The predicted molar refractivity (Wildman–Crippen MR) is 120 cm³/mol. The molecule has 0 aliphatic carbocycles. The zero-order valence-electron chi connectivity index (χ0n) is 16.8. The minimum Gasteiger partial charge on any atom is -0.489 e. The first-order valence-corrected chi connectivity index (χ1v) is 10.4. The molecule has 2 aromatic heterocycles. The first-order valence-electron chi connectivity index (χ1n) is 10.4. The van der Waals surface area contributed by atoms with E-state index in [1.54, 1.807) is 0 Å². The van der Waals surface area contributed by atoms with E-state index in [1.807, 2.05) is 54.7 Å². The molecule has 4 aromatic rings. The van der Waals surface area contributed by atoms with Crippen LogP contribution in [0.5, 0.6) is 5.75 Å². The molecule has 2 aromatic carbocycles. The molecule has 30 heavy (non-hydrogen) atoms. The molecule has 6 heteroatoms. The summed E-state index contributed by atoms with van der Waals surface area (Å²) in [4.78, 5) is 12.8. The van der Waals surface area contributed by atoms with E-state index in [2.05, 4.69) is 27.8 Å². The van der Waals surface area contributed by atoms with Crippen molar-refractivity contribution in [3.63, 3.8) is 0 Å². The maximum absolute atomic E-state index is 5.90. The molecule has 1 fully saturated rings. The summed E-state index contributed by atoms with van der Waals surface area (Å²) >= 11 is 0. The van der Waals surface area contributed by atoms with E-state index >= 15 is 0 Å². The molecular weight excluding hydrogens is 374 g/mol. The van der Waals surface area contributed by atoms with E-state index in [9.17, 15) is 0 Å². The van der Waals surface area contributed by atoms with Crippen molar-refractivity contribution in [3.05, 3.63) is 72.4 Å². The zero-order chi connectivity index (χ0) is 20.2. The molecule has 1 aliphatic rings. The van der Waals surface area contributed by atoms with Gasteiger partial charge in [0.1, 0.15) is 23.8 Å². The Morgan fingerprint density at radius 2 is 1.73 bits per heavy atom. The molecule has 0 radical (unpaired) electrons. The average molecular weight is 399 g/mol. The summed E-state index contributed by atoms with van der Waals surface area (Å²) in [6, 6.07) is 20.6. The SMILES string of the molecule is c1ccc(COc2ccc(-c3nc(NC4CCNCC4)c4cc[nH]c4n3)cc2)cc1. The normalized spacial score (nSPS) is 14.7. The van der Waals surface area contributed by atoms with Crippen LogP contribution in [0, 0.1) is 0 Å². The van der Waals surface area contributed by atoms with Crippen molar-refractivity contribution in [2.45, 2.75) is 25.5 Å². The molecule has 5 rings (SSSR count). The lowest BCUT2D eigenvalue weighted by atomic mass is 10.1. The molecule has 0 unspecified atom stereocenters. The topological polar surface area (TPSA) is 74.9 Å². The van der Waals surface area contributed by atoms with Gasteiger partial charge in [0.2, 0.25) is 0 Å². The number of aromatic amines is 1. The van der Waals surface area contributed by atoms with Crippen LogP contribution in [-0.2, 0) is 6.61 Å². The van der Waals surface area contributed by atoms with Gasteiger partial charge in [0, 0.05) is 17.8 Å². The molecular formula is C24H25N5O. The Morgan fingerprint density at radius 1 is 0.933 bits per heavy atom. The van der Waals surface area contributed by atoms with Crippen LogP contribution in [0.4, 0.5) is 5.82 Å². The van der Waals surface area contributed by atoms with E-state index in [0.29, 0.717) is 18.5 Å². The van der Waals surface area contributed by atoms with E-state index < -0.39 is 0 Å². The highest BCUT2D eigenvalue weighted by Crippen LogP contribution is 2.27. The number of hydrogen-bond donors (Lipinski definition) is 3. The summed E-state index contributed by atoms with van der Waals surface area (Å²) in [6.45, 7) is 2.63. The number of ether oxygens (including phenoxy) is 1. The Kier molecular flexibility index (Phi) is 5.31. The standard InChI is InChI=1S/C24H25N5O/c1-2-4-17(5-3-1)16-30-20-8-6-18(7-9-20)22-28-23-21(12-15-26-23)24(29-22)27-19-10-13-25-14-11-19/h1-9,12,15,19,25H,10-11,13-14,16H2,(H2,26,27,28,29). The third-order valence-corrected chi connectivity index (χ3v) is 5.46. The van der Waals surface area contributed by atoms with E-state index in [1.165, 1.54) is 0 Å². The predicted octanol–water partition coefficient (Wildman–Crippen LogP) is 4.37. The largest absolute Gasteiger partial charge is 0.489 e. The molecule has 0 bridgehead atoms. The summed E-state index contributed by atoms with van der Waals surface area (Å²) < 4.78 is 5.90. The van der Waals surface area contributed by atoms with Crippen LogP contribution in [-0.4, -0.2) is 34.1 Å². The summed E-state index contributed by atoms with van der Waals surface area (Å²) in [6.07, 6.45) is 4.11. The molecule has 152 valence electrons. The second kappa shape index (κ2) is 8.55. The van der Waals surface area contributed by atoms with Gasteiger partial charge in [-0.05, 0) is 61.8 Å². The fourth-order valence-electron chi connectivity index (χ4n) is 3.78. The maximum atomic E-state index is 5.90. The number of aromatic nitrogens is 3. The minimum absolute atomic E-state index is 0.431. The molecule has 3 N–H and O–H groups in total. The van der Waals surface area contributed by atoms with Crippen molar-refractivity contribution < 1.29 is 4.74 Å². The number of H-pyrrole nitrogens is 1. The van der Waals surface area contributed by atoms with Gasteiger partial charge in [-0.15, -0.1) is 0 Å². The number of anilines is 1. The van der Waals surface area contributed by atoms with Crippen LogP contribution in [0.15, 0.2) is 66.9 Å². The number of fused-ring (bicyclic) bond motifs is 1. The van der Waals surface area contributed by atoms with E-state index in [4.69, 9.17) is 14.7 Å². The number of nitrogens with zero attached hydrogens (tertiary/aromatic N) is 2. The smallest absolute Gasteiger partial charge is 0.163 e. The Labute approximate surface area is 175 Å². The van der Waals surface area contributed by atoms with Gasteiger partial charge in [-0.2, -0.15) is 0 Å². The van der Waals surface area contributed by atoms with Gasteiger partial charge in [0.25, 0.3) is 0 Å². The van der Waals surface area contributed by atoms with Crippen LogP contribution in [0.1, 0.15) is 18.4 Å². The summed E-state index contributed by atoms with van der Waals surface area (Å²) in [5.74, 6) is 2.43. The van der Waals surface area contributed by atoms with E-state index in [0.717, 1.165) is 59.7 Å². The Bertz CT molecular complexity index is 1100. The molecule has 0 amide bonds. The lowest BCUT2D eigenvalue weighted by Gasteiger charge is -2.24. The average Bonchev–Trinajstić information content (AvgIpc) is 3.29. The summed E-state index contributed by atoms with van der Waals surface area (Å²) in [5.41, 5.74) is 2.96. The van der Waals surface area contributed by atoms with E-state index in [-0.39, 0.29) is 0 Å². The Balaban J connectivity index is 1.36. The molecule has 1 aliphatic heterocycles. The van der Waals surface area contributed by atoms with Gasteiger partial charge < -0.3 is 20.4 Å². The Hall–Kier alpha value is -3.38. The number of hydrogen-bond acceptors (Lipinski definition) is 5. The van der Waals surface area contributed by atoms with Crippen molar-refractivity contribution in [1.82, 2.24) is 20.3 Å². The van der Waals surface area contributed by atoms with Gasteiger partial charge in [-0.25, -0.2) is 9.97 Å². The molecule has 0 atom stereocenters. The van der Waals surface area contributed by atoms with Gasteiger partial charge in [-0.1, -0.05) is 30.3 Å². The third-order valence-electron chi connectivity index (χ3n) is 5.46. The van der Waals surface area contributed by atoms with Crippen LogP contribution in [0.2, 0.25) is 0 Å². The van der Waals surface area contributed by atoms with Crippen molar-refractivity contribution in [1.29, 1.82) is 0 Å². The minimum atomic E-state index is 0.431. The second-order valence-corrected chi connectivity index (χ2v) is 7.60. The molecule has 1 saturated heterocycles. The lowest BCUT2D eigenvalue weighted by Crippen LogP contribution is -2.35. The second-order valence-electron chi connectivity index (χ2n) is 7.60. The summed E-state index contributed by atoms with van der Waals surface area (Å²) in [5, 5.41) is 8.07. The maximum Gasteiger partial charge on any atom is 0.163 e. The van der Waals surface area contributed by atoms with Gasteiger partial charge in [-0.3, -0.25) is 0 Å². The van der Waals surface area contributed by atoms with Crippen molar-refractivity contribution >= 4 is 16.9 Å². The van der Waals surface area contributed by atoms with Gasteiger partial charge in [0.05, 0.1) is 5.39 Å². The van der Waals surface area contributed by atoms with Crippen molar-refractivity contribution in [3.8, 4) is 17.1 Å². The fraction of sp³-hybridized carbons (Fsp3) is 0.250. The monoisotopic (exact) mass is 399 g/mol. The van der Waals surface area contributed by atoms with Crippen molar-refractivity contribution in [2.75, 3.05) is 18.4 Å². The fourth-order valence-corrected chi connectivity index (χ4v) is 3.78. The summed E-state index contributed by atoms with van der Waals surface area (Å²) in [7, 11) is 0. The van der Waals surface area contributed by atoms with Gasteiger partial charge >= 0.3 is 0 Å². The first-order chi connectivity index (χ1) is 14.8. The number of nitrogens with one attached hydrogen (secondary N) is 3. The van der Waals surface area contributed by atoms with Crippen molar-refractivity contribution in [2.24, 2.45) is 0 Å². The number of piperidine rings is 1. The first kappa shape index (κ1) is 18.6. The Morgan fingerprint density at radius 3 is 2.53 bits per heavy atom. The number of benzene rings is 2. The van der Waals surface area contributed by atoms with Crippen LogP contribution < -0.4 is 15.4 Å². The molecule has 6 nitrogen and oxygen atoms in total. The quantitative estimate of drug-likeness (QED) is 0.449. The molecule has 0 saturated carbocycles. The molecule has 0 spiro atoms. The highest BCUT2D eigenvalue weighted by atomic mass is 16.5. The number of rotatable bonds is 6. The van der Waals surface area contributed by atoms with Crippen LogP contribution in [0.3, 0.4) is 0 Å².